The highest BCUT2D eigenvalue weighted by Gasteiger charge is 1.96. The molecule has 0 fully saturated rings. The van der Waals surface area contributed by atoms with Crippen LogP contribution < -0.4 is 0 Å². The van der Waals surface area contributed by atoms with Crippen LogP contribution in [0.5, 0.6) is 0 Å². The van der Waals surface area contributed by atoms with Crippen molar-refractivity contribution in [3.8, 4) is 0 Å². The molecule has 0 aromatic carbocycles. The molecule has 0 aromatic rings. The summed E-state index contributed by atoms with van der Waals surface area (Å²) in [7, 11) is 0. The van der Waals surface area contributed by atoms with Crippen molar-refractivity contribution < 1.29 is 0 Å². The maximum atomic E-state index is 4.22. The lowest BCUT2D eigenvalue weighted by molar-refractivity contribution is 1.13. The first kappa shape index (κ1) is 11.1. The van der Waals surface area contributed by atoms with Gasteiger partial charge in [0.2, 0.25) is 0 Å². The number of aliphatic imine (C=N–C) groups is 2. The molecule has 1 aliphatic rings. The van der Waals surface area contributed by atoms with Crippen molar-refractivity contribution in [2.24, 2.45) is 9.98 Å². The van der Waals surface area contributed by atoms with E-state index in [0.29, 0.717) is 0 Å². The second-order valence-electron chi connectivity index (χ2n) is 2.61. The molecule has 0 N–H and O–H groups in total. The van der Waals surface area contributed by atoms with E-state index in [4.69, 9.17) is 0 Å². The summed E-state index contributed by atoms with van der Waals surface area (Å²) in [4.78, 5) is 8.43. The number of allylic oxidation sites excluding steroid dienone is 1. The molecule has 12 heavy (non-hydrogen) atoms. The Morgan fingerprint density at radius 3 is 2.33 bits per heavy atom. The summed E-state index contributed by atoms with van der Waals surface area (Å²) in [5, 5.41) is 0. The Labute approximate surface area is 75.1 Å². The van der Waals surface area contributed by atoms with Gasteiger partial charge in [0, 0.05) is 5.71 Å². The second-order valence-corrected chi connectivity index (χ2v) is 2.61. The van der Waals surface area contributed by atoms with Crippen LogP contribution in [-0.2, 0) is 0 Å². The normalized spacial score (nSPS) is 16.2. The molecule has 0 amide bonds. The Bertz CT molecular complexity index is 222. The predicted octanol–water partition coefficient (Wildman–Crippen LogP) is 2.85. The number of amidine groups is 1. The van der Waals surface area contributed by atoms with Crippen LogP contribution in [-0.4, -0.2) is 18.1 Å². The summed E-state index contributed by atoms with van der Waals surface area (Å²) in [6, 6.07) is 0. The minimum Gasteiger partial charge on any atom is -0.266 e. The van der Waals surface area contributed by atoms with Gasteiger partial charge in [0.05, 0.1) is 6.54 Å². The van der Waals surface area contributed by atoms with Gasteiger partial charge in [0.15, 0.2) is 0 Å². The molecule has 0 radical (unpaired) electrons. The van der Waals surface area contributed by atoms with Crippen LogP contribution in [0.25, 0.3) is 0 Å². The summed E-state index contributed by atoms with van der Waals surface area (Å²) >= 11 is 0. The van der Waals surface area contributed by atoms with Crippen molar-refractivity contribution in [3.63, 3.8) is 0 Å². The third-order valence-electron chi connectivity index (χ3n) is 1.35. The molecule has 0 saturated heterocycles. The standard InChI is InChI=1S/C8H12N2.C2H6/c1-6-4-7(2)10-8(3)9-5-6;1-2/h4H,5H2,1-3H3;1-2H3. The van der Waals surface area contributed by atoms with E-state index in [1.54, 1.807) is 0 Å². The second kappa shape index (κ2) is 5.70. The monoisotopic (exact) mass is 166 g/mol. The Hall–Kier alpha value is -0.920. The highest BCUT2D eigenvalue weighted by molar-refractivity contribution is 6.02. The van der Waals surface area contributed by atoms with Crippen molar-refractivity contribution in [1.29, 1.82) is 0 Å². The summed E-state index contributed by atoms with van der Waals surface area (Å²) in [5.41, 5.74) is 2.33. The summed E-state index contributed by atoms with van der Waals surface area (Å²) in [5.74, 6) is 0.880. The molecule has 1 rings (SSSR count). The van der Waals surface area contributed by atoms with Crippen LogP contribution in [0.4, 0.5) is 0 Å². The van der Waals surface area contributed by atoms with Gasteiger partial charge in [-0.15, -0.1) is 0 Å². The molecule has 2 heteroatoms. The van der Waals surface area contributed by atoms with Crippen LogP contribution in [0.1, 0.15) is 34.6 Å². The zero-order chi connectivity index (χ0) is 9.56. The fourth-order valence-corrected chi connectivity index (χ4v) is 0.964. The fraction of sp³-hybridized carbons (Fsp3) is 0.600. The average molecular weight is 166 g/mol. The first-order valence-electron chi connectivity index (χ1n) is 4.42. The van der Waals surface area contributed by atoms with Gasteiger partial charge in [-0.05, 0) is 26.8 Å². The lowest BCUT2D eigenvalue weighted by atomic mass is 10.2. The zero-order valence-corrected chi connectivity index (χ0v) is 8.68. The van der Waals surface area contributed by atoms with E-state index in [1.165, 1.54) is 5.57 Å². The first-order valence-corrected chi connectivity index (χ1v) is 4.42. The first-order chi connectivity index (χ1) is 5.68. The van der Waals surface area contributed by atoms with Gasteiger partial charge in [-0.2, -0.15) is 0 Å². The highest BCUT2D eigenvalue weighted by atomic mass is 14.9. The van der Waals surface area contributed by atoms with E-state index in [0.717, 1.165) is 18.1 Å². The Kier molecular flexibility index (Phi) is 5.26. The zero-order valence-electron chi connectivity index (χ0n) is 8.68. The molecular weight excluding hydrogens is 148 g/mol. The van der Waals surface area contributed by atoms with Crippen molar-refractivity contribution in [2.75, 3.05) is 6.54 Å². The Morgan fingerprint density at radius 2 is 1.75 bits per heavy atom. The third-order valence-corrected chi connectivity index (χ3v) is 1.35. The van der Waals surface area contributed by atoms with Crippen molar-refractivity contribution in [2.45, 2.75) is 34.6 Å². The van der Waals surface area contributed by atoms with Crippen LogP contribution in [0, 0.1) is 0 Å². The molecule has 0 aromatic heterocycles. The molecule has 0 spiro atoms. The fourth-order valence-electron chi connectivity index (χ4n) is 0.964. The van der Waals surface area contributed by atoms with E-state index in [1.807, 2.05) is 27.7 Å². The van der Waals surface area contributed by atoms with Crippen LogP contribution >= 0.6 is 0 Å². The van der Waals surface area contributed by atoms with Crippen LogP contribution in [0.15, 0.2) is 21.6 Å². The van der Waals surface area contributed by atoms with Crippen LogP contribution in [0.3, 0.4) is 0 Å². The average Bonchev–Trinajstić information content (AvgIpc) is 2.16. The largest absolute Gasteiger partial charge is 0.266 e. The topological polar surface area (TPSA) is 24.7 Å². The molecule has 2 nitrogen and oxygen atoms in total. The highest BCUT2D eigenvalue weighted by Crippen LogP contribution is 2.00. The maximum absolute atomic E-state index is 4.22. The lowest BCUT2D eigenvalue weighted by Crippen LogP contribution is -1.89. The number of rotatable bonds is 0. The molecule has 0 saturated carbocycles. The molecule has 68 valence electrons. The predicted molar refractivity (Wildman–Crippen MR) is 56.2 cm³/mol. The summed E-state index contributed by atoms with van der Waals surface area (Å²) in [6.45, 7) is 10.8. The van der Waals surface area contributed by atoms with Crippen LogP contribution in [0.2, 0.25) is 0 Å². The van der Waals surface area contributed by atoms with Crippen molar-refractivity contribution in [1.82, 2.24) is 0 Å². The molecule has 0 aliphatic carbocycles. The van der Waals surface area contributed by atoms with Gasteiger partial charge in [0.25, 0.3) is 0 Å². The van der Waals surface area contributed by atoms with E-state index >= 15 is 0 Å². The van der Waals surface area contributed by atoms with Crippen molar-refractivity contribution in [3.05, 3.63) is 11.6 Å². The Morgan fingerprint density at radius 1 is 1.17 bits per heavy atom. The third kappa shape index (κ3) is 4.06. The minimum atomic E-state index is 0.798. The molecule has 1 aliphatic heterocycles. The number of nitrogens with zero attached hydrogens (tertiary/aromatic N) is 2. The van der Waals surface area contributed by atoms with Gasteiger partial charge in [-0.3, -0.25) is 4.99 Å². The quantitative estimate of drug-likeness (QED) is 0.528. The Balaban J connectivity index is 0.000000561. The molecule has 1 heterocycles. The minimum absolute atomic E-state index is 0.798. The summed E-state index contributed by atoms with van der Waals surface area (Å²) in [6.07, 6.45) is 2.07. The summed E-state index contributed by atoms with van der Waals surface area (Å²) < 4.78 is 0. The lowest BCUT2D eigenvalue weighted by Gasteiger charge is -1.89. The van der Waals surface area contributed by atoms with Gasteiger partial charge in [-0.1, -0.05) is 19.4 Å². The SMILES string of the molecule is CC.CC1=CC(C)=NC(C)=NC1. The molecular formula is C10H18N2. The maximum Gasteiger partial charge on any atom is 0.120 e. The van der Waals surface area contributed by atoms with E-state index in [9.17, 15) is 0 Å². The van der Waals surface area contributed by atoms with Gasteiger partial charge in [-0.25, -0.2) is 4.99 Å². The van der Waals surface area contributed by atoms with E-state index in [2.05, 4.69) is 23.0 Å². The molecule has 0 atom stereocenters. The van der Waals surface area contributed by atoms with Gasteiger partial charge < -0.3 is 0 Å². The van der Waals surface area contributed by atoms with Gasteiger partial charge in [0.1, 0.15) is 5.84 Å². The van der Waals surface area contributed by atoms with E-state index in [-0.39, 0.29) is 0 Å². The van der Waals surface area contributed by atoms with E-state index < -0.39 is 0 Å². The number of hydrogen-bond donors (Lipinski definition) is 0. The van der Waals surface area contributed by atoms with Crippen molar-refractivity contribution >= 4 is 11.5 Å². The number of hydrogen-bond acceptors (Lipinski definition) is 2. The van der Waals surface area contributed by atoms with Gasteiger partial charge >= 0.3 is 0 Å². The smallest absolute Gasteiger partial charge is 0.120 e. The molecule has 0 bridgehead atoms. The molecule has 0 unspecified atom stereocenters.